The Morgan fingerprint density at radius 1 is 1.06 bits per heavy atom. The van der Waals surface area contributed by atoms with Gasteiger partial charge in [0.05, 0.1) is 17.5 Å². The number of fused-ring (bicyclic) bond motifs is 1. The number of hydrogen-bond donors (Lipinski definition) is 1. The summed E-state index contributed by atoms with van der Waals surface area (Å²) in [5.74, 6) is 0.708. The molecule has 1 N–H and O–H groups in total. The summed E-state index contributed by atoms with van der Waals surface area (Å²) in [6, 6.07) is 18.9. The van der Waals surface area contributed by atoms with Crippen molar-refractivity contribution in [2.45, 2.75) is 19.8 Å². The third kappa shape index (κ3) is 4.36. The standard InChI is InChI=1S/C25H20FN5O2/c1-2-23-29-24(33-30-23)13-16-3-8-19(9-4-16)28-25(32)17-5-12-21-22(14-17)31(15-27-21)20-10-6-18(26)7-11-20/h3-12,14-15H,2,13H2,1H3,(H,28,32). The lowest BCUT2D eigenvalue weighted by molar-refractivity contribution is 0.102. The van der Waals surface area contributed by atoms with Gasteiger partial charge in [0.2, 0.25) is 5.89 Å². The molecule has 0 radical (unpaired) electrons. The fraction of sp³-hybridized carbons (Fsp3) is 0.120. The smallest absolute Gasteiger partial charge is 0.255 e. The second-order valence-corrected chi connectivity index (χ2v) is 7.58. The Bertz CT molecular complexity index is 1420. The first-order chi connectivity index (χ1) is 16.1. The molecule has 0 spiro atoms. The zero-order valence-corrected chi connectivity index (χ0v) is 17.8. The van der Waals surface area contributed by atoms with Gasteiger partial charge in [0.1, 0.15) is 12.1 Å². The monoisotopic (exact) mass is 441 g/mol. The Kier molecular flexibility index (Phi) is 5.40. The van der Waals surface area contributed by atoms with Crippen LogP contribution in [0.2, 0.25) is 0 Å². The molecule has 5 aromatic rings. The number of aromatic nitrogens is 4. The van der Waals surface area contributed by atoms with Crippen molar-refractivity contribution in [1.29, 1.82) is 0 Å². The molecule has 7 nitrogen and oxygen atoms in total. The molecule has 1 amide bonds. The second kappa shape index (κ2) is 8.66. The molecule has 0 aliphatic rings. The maximum Gasteiger partial charge on any atom is 0.255 e. The summed E-state index contributed by atoms with van der Waals surface area (Å²) in [6.45, 7) is 1.97. The third-order valence-electron chi connectivity index (χ3n) is 5.31. The highest BCUT2D eigenvalue weighted by Crippen LogP contribution is 2.21. The zero-order chi connectivity index (χ0) is 22.8. The van der Waals surface area contributed by atoms with Gasteiger partial charge in [-0.15, -0.1) is 0 Å². The van der Waals surface area contributed by atoms with Crippen LogP contribution in [0.15, 0.2) is 77.6 Å². The van der Waals surface area contributed by atoms with Crippen LogP contribution in [0.4, 0.5) is 10.1 Å². The van der Waals surface area contributed by atoms with E-state index in [-0.39, 0.29) is 11.7 Å². The minimum atomic E-state index is -0.308. The van der Waals surface area contributed by atoms with Crippen molar-refractivity contribution < 1.29 is 13.7 Å². The minimum Gasteiger partial charge on any atom is -0.339 e. The summed E-state index contributed by atoms with van der Waals surface area (Å²) in [5.41, 5.74) is 4.44. The van der Waals surface area contributed by atoms with Crippen LogP contribution in [0.5, 0.6) is 0 Å². The average molecular weight is 441 g/mol. The first-order valence-corrected chi connectivity index (χ1v) is 10.5. The van der Waals surface area contributed by atoms with E-state index in [1.54, 1.807) is 36.7 Å². The fourth-order valence-corrected chi connectivity index (χ4v) is 3.55. The number of nitrogens with one attached hydrogen (secondary N) is 1. The van der Waals surface area contributed by atoms with Crippen molar-refractivity contribution in [3.63, 3.8) is 0 Å². The molecule has 0 unspecified atom stereocenters. The summed E-state index contributed by atoms with van der Waals surface area (Å²) >= 11 is 0. The van der Waals surface area contributed by atoms with Crippen molar-refractivity contribution >= 4 is 22.6 Å². The predicted molar refractivity (Wildman–Crippen MR) is 122 cm³/mol. The summed E-state index contributed by atoms with van der Waals surface area (Å²) in [6.07, 6.45) is 2.92. The van der Waals surface area contributed by atoms with E-state index in [4.69, 9.17) is 4.52 Å². The zero-order valence-electron chi connectivity index (χ0n) is 17.8. The van der Waals surface area contributed by atoms with E-state index in [9.17, 15) is 9.18 Å². The van der Waals surface area contributed by atoms with Crippen LogP contribution in [0.3, 0.4) is 0 Å². The highest BCUT2D eigenvalue weighted by atomic mass is 19.1. The quantitative estimate of drug-likeness (QED) is 0.403. The van der Waals surface area contributed by atoms with E-state index < -0.39 is 0 Å². The number of hydrogen-bond acceptors (Lipinski definition) is 5. The van der Waals surface area contributed by atoms with Crippen LogP contribution in [-0.2, 0) is 12.8 Å². The molecule has 2 heterocycles. The van der Waals surface area contributed by atoms with Crippen molar-refractivity contribution in [3.05, 3.63) is 102 Å². The lowest BCUT2D eigenvalue weighted by Gasteiger charge is -2.08. The van der Waals surface area contributed by atoms with Gasteiger partial charge in [-0.25, -0.2) is 9.37 Å². The van der Waals surface area contributed by atoms with Crippen LogP contribution in [0.25, 0.3) is 16.7 Å². The molecule has 0 atom stereocenters. The molecule has 5 rings (SSSR count). The van der Waals surface area contributed by atoms with E-state index in [1.165, 1.54) is 12.1 Å². The molecule has 0 fully saturated rings. The van der Waals surface area contributed by atoms with Gasteiger partial charge in [0, 0.05) is 23.4 Å². The van der Waals surface area contributed by atoms with Gasteiger partial charge >= 0.3 is 0 Å². The molecule has 0 bridgehead atoms. The topological polar surface area (TPSA) is 85.8 Å². The minimum absolute atomic E-state index is 0.235. The van der Waals surface area contributed by atoms with Crippen molar-refractivity contribution in [3.8, 4) is 5.69 Å². The maximum atomic E-state index is 13.3. The number of rotatable bonds is 6. The summed E-state index contributed by atoms with van der Waals surface area (Å²) in [5, 5.41) is 6.82. The molecule has 0 aliphatic carbocycles. The molecular weight excluding hydrogens is 421 g/mol. The van der Waals surface area contributed by atoms with Crippen LogP contribution in [-0.4, -0.2) is 25.6 Å². The molecule has 2 aromatic heterocycles. The van der Waals surface area contributed by atoms with E-state index in [1.807, 2.05) is 35.8 Å². The van der Waals surface area contributed by atoms with E-state index in [0.717, 1.165) is 28.7 Å². The fourth-order valence-electron chi connectivity index (χ4n) is 3.55. The van der Waals surface area contributed by atoms with Gasteiger partial charge in [0.25, 0.3) is 5.91 Å². The van der Waals surface area contributed by atoms with Crippen LogP contribution >= 0.6 is 0 Å². The molecule has 0 saturated heterocycles. The molecule has 0 aliphatic heterocycles. The highest BCUT2D eigenvalue weighted by Gasteiger charge is 2.12. The third-order valence-corrected chi connectivity index (χ3v) is 5.31. The Morgan fingerprint density at radius 2 is 1.85 bits per heavy atom. The van der Waals surface area contributed by atoms with Gasteiger partial charge in [0.15, 0.2) is 5.82 Å². The lowest BCUT2D eigenvalue weighted by Crippen LogP contribution is -2.12. The lowest BCUT2D eigenvalue weighted by atomic mass is 10.1. The number of carbonyl (C=O) groups is 1. The number of aryl methyl sites for hydroxylation is 1. The Hall–Kier alpha value is -4.33. The van der Waals surface area contributed by atoms with Crippen molar-refractivity contribution in [2.75, 3.05) is 5.32 Å². The van der Waals surface area contributed by atoms with Gasteiger partial charge in [-0.05, 0) is 60.2 Å². The number of amides is 1. The number of imidazole rings is 1. The Balaban J connectivity index is 1.32. The first-order valence-electron chi connectivity index (χ1n) is 10.5. The normalized spacial score (nSPS) is 11.1. The molecule has 8 heteroatoms. The largest absolute Gasteiger partial charge is 0.339 e. The Labute approximate surface area is 188 Å². The Morgan fingerprint density at radius 3 is 2.58 bits per heavy atom. The van der Waals surface area contributed by atoms with Crippen LogP contribution in [0.1, 0.15) is 34.6 Å². The predicted octanol–water partition coefficient (Wildman–Crippen LogP) is 4.95. The summed E-state index contributed by atoms with van der Waals surface area (Å²) in [7, 11) is 0. The second-order valence-electron chi connectivity index (χ2n) is 7.58. The summed E-state index contributed by atoms with van der Waals surface area (Å²) < 4.78 is 20.3. The van der Waals surface area contributed by atoms with Gasteiger partial charge in [-0.2, -0.15) is 4.98 Å². The maximum absolute atomic E-state index is 13.3. The first kappa shape index (κ1) is 20.6. The highest BCUT2D eigenvalue weighted by molar-refractivity contribution is 6.06. The molecule has 164 valence electrons. The van der Waals surface area contributed by atoms with Crippen molar-refractivity contribution in [1.82, 2.24) is 19.7 Å². The van der Waals surface area contributed by atoms with Gasteiger partial charge in [-0.3, -0.25) is 9.36 Å². The van der Waals surface area contributed by atoms with Crippen molar-refractivity contribution in [2.24, 2.45) is 0 Å². The number of anilines is 1. The number of nitrogens with zero attached hydrogens (tertiary/aromatic N) is 4. The molecular formula is C25H20FN5O2. The SMILES string of the molecule is CCc1noc(Cc2ccc(NC(=O)c3ccc4ncn(-c5ccc(F)cc5)c4c3)cc2)n1. The van der Waals surface area contributed by atoms with E-state index in [0.29, 0.717) is 29.4 Å². The molecule has 3 aromatic carbocycles. The number of benzene rings is 3. The number of carbonyl (C=O) groups excluding carboxylic acids is 1. The van der Waals surface area contributed by atoms with Gasteiger partial charge < -0.3 is 9.84 Å². The molecule has 33 heavy (non-hydrogen) atoms. The van der Waals surface area contributed by atoms with Crippen LogP contribution < -0.4 is 5.32 Å². The van der Waals surface area contributed by atoms with Crippen LogP contribution in [0, 0.1) is 5.82 Å². The van der Waals surface area contributed by atoms with E-state index >= 15 is 0 Å². The van der Waals surface area contributed by atoms with E-state index in [2.05, 4.69) is 20.4 Å². The number of halogens is 1. The average Bonchev–Trinajstić information content (AvgIpc) is 3.47. The van der Waals surface area contributed by atoms with Gasteiger partial charge in [-0.1, -0.05) is 24.2 Å². The summed E-state index contributed by atoms with van der Waals surface area (Å²) in [4.78, 5) is 21.5. The molecule has 0 saturated carbocycles.